The number of hydrogen-bond donors (Lipinski definition) is 0. The Morgan fingerprint density at radius 3 is 0.400 bits per heavy atom. The highest BCUT2D eigenvalue weighted by Crippen LogP contribution is 2.33. The van der Waals surface area contributed by atoms with Gasteiger partial charge in [-0.15, -0.1) is 0 Å². The highest BCUT2D eigenvalue weighted by molar-refractivity contribution is 6.94. The van der Waals surface area contributed by atoms with Crippen molar-refractivity contribution < 1.29 is 41.2 Å². The van der Waals surface area contributed by atoms with Crippen molar-refractivity contribution in [3.05, 3.63) is 0 Å². The molecule has 0 heterocycles. The first-order chi connectivity index (χ1) is 19.1. The molecule has 0 bridgehead atoms. The highest BCUT2D eigenvalue weighted by atomic mass is 28.6. The molecular weight excluding hydrogens is 757 g/mol. The van der Waals surface area contributed by atoms with E-state index in [-0.39, 0.29) is 0 Å². The molecule has 0 aliphatic rings. The summed E-state index contributed by atoms with van der Waals surface area (Å²) >= 11 is 0. The lowest BCUT2D eigenvalue weighted by Gasteiger charge is -2.47. The first kappa shape index (κ1) is 47.0. The van der Waals surface area contributed by atoms with Crippen LogP contribution in [-0.2, 0) is 41.2 Å². The molecule has 0 saturated heterocycles. The van der Waals surface area contributed by atoms with Crippen molar-refractivity contribution in [1.29, 1.82) is 0 Å². The molecule has 0 aliphatic heterocycles. The van der Waals surface area contributed by atoms with Gasteiger partial charge in [0.1, 0.15) is 0 Å². The summed E-state index contributed by atoms with van der Waals surface area (Å²) in [6.07, 6.45) is 0. The topological polar surface area (TPSA) is 92.3 Å². The molecule has 0 aliphatic carbocycles. The molecule has 0 N–H and O–H groups in total. The predicted octanol–water partition coefficient (Wildman–Crippen LogP) is 9.14. The minimum atomic E-state index is -3.41. The Kier molecular flexibility index (Phi) is 16.0. The molecule has 0 aromatic heterocycles. The lowest BCUT2D eigenvalue weighted by molar-refractivity contribution is 0.170. The van der Waals surface area contributed by atoms with E-state index in [0.29, 0.717) is 0 Å². The van der Waals surface area contributed by atoms with Crippen molar-refractivity contribution in [2.24, 2.45) is 0 Å². The number of rotatable bonds is 20. The van der Waals surface area contributed by atoms with Gasteiger partial charge >= 0.3 is 60.4 Å². The molecule has 0 aromatic rings. The zero-order chi connectivity index (χ0) is 36.6. The largest absolute Gasteiger partial charge is 0.470 e. The quantitative estimate of drug-likeness (QED) is 0.111. The third kappa shape index (κ3) is 23.2. The van der Waals surface area contributed by atoms with Gasteiger partial charge in [0.25, 0.3) is 0 Å². The zero-order valence-electron chi connectivity index (χ0n) is 33.6. The van der Waals surface area contributed by atoms with Crippen LogP contribution in [0.15, 0.2) is 0 Å². The fourth-order valence-corrected chi connectivity index (χ4v) is 56.8. The molecule has 0 spiro atoms. The molecule has 0 radical (unpaired) electrons. The van der Waals surface area contributed by atoms with Crippen LogP contribution < -0.4 is 0 Å². The average molecular weight is 830 g/mol. The van der Waals surface area contributed by atoms with Gasteiger partial charge in [0.15, 0.2) is 33.3 Å². The summed E-state index contributed by atoms with van der Waals surface area (Å²) in [5.74, 6) is 0. The standard InChI is InChI=1S/C24H72O10Si11/c1-35(2,3)25-39(13,14)29-44(23,30-40(15,16)26-36(4,5)6)33-43(21,22)34-45(24,31-41(17,18)27-37(7,8)9)32-42(19,20)28-38(10,11)12/h1-24H3. The SMILES string of the molecule is C[Si](C)(C)O[Si](C)(C)O[Si](C)(O[Si](C)(C)O[Si](C)(C)C)O[Si](C)(C)O[Si](C)(O[Si](C)(C)O[Si](C)(C)C)O[Si](C)(C)O[Si](C)(C)C. The summed E-state index contributed by atoms with van der Waals surface area (Å²) in [4.78, 5) is 0. The average Bonchev–Trinajstić information content (AvgIpc) is 2.45. The van der Waals surface area contributed by atoms with E-state index in [4.69, 9.17) is 41.2 Å². The third-order valence-corrected chi connectivity index (χ3v) is 43.2. The maximum Gasteiger partial charge on any atom is 0.470 e. The van der Waals surface area contributed by atoms with Gasteiger partial charge in [-0.1, -0.05) is 0 Å². The second-order valence-corrected chi connectivity index (χ2v) is 60.7. The van der Waals surface area contributed by atoms with Crippen LogP contribution in [0.1, 0.15) is 0 Å². The van der Waals surface area contributed by atoms with E-state index < -0.39 is 93.7 Å². The molecule has 0 saturated carbocycles. The monoisotopic (exact) mass is 828 g/mol. The normalized spacial score (nSPS) is 16.0. The van der Waals surface area contributed by atoms with Crippen LogP contribution in [-0.4, -0.2) is 93.7 Å². The van der Waals surface area contributed by atoms with Crippen LogP contribution in [0.25, 0.3) is 0 Å². The smallest absolute Gasteiger partial charge is 0.437 e. The maximum absolute atomic E-state index is 7.05. The van der Waals surface area contributed by atoms with E-state index in [9.17, 15) is 0 Å². The van der Waals surface area contributed by atoms with Gasteiger partial charge in [-0.25, -0.2) is 0 Å². The van der Waals surface area contributed by atoms with Gasteiger partial charge in [-0.2, -0.15) is 0 Å². The fourth-order valence-electron chi connectivity index (χ4n) is 5.86. The van der Waals surface area contributed by atoms with E-state index in [1.165, 1.54) is 0 Å². The molecule has 0 unspecified atom stereocenters. The maximum atomic E-state index is 7.05. The van der Waals surface area contributed by atoms with Gasteiger partial charge in [0, 0.05) is 13.1 Å². The highest BCUT2D eigenvalue weighted by Gasteiger charge is 2.57. The molecule has 45 heavy (non-hydrogen) atoms. The fraction of sp³-hybridized carbons (Fsp3) is 1.00. The van der Waals surface area contributed by atoms with Gasteiger partial charge in [0.05, 0.1) is 0 Å². The molecule has 21 heteroatoms. The molecule has 0 atom stereocenters. The van der Waals surface area contributed by atoms with Gasteiger partial charge in [-0.3, -0.25) is 0 Å². The summed E-state index contributed by atoms with van der Waals surface area (Å²) in [7, 11) is -28.2. The second-order valence-electron chi connectivity index (χ2n) is 18.2. The minimum absolute atomic E-state index is 1.91. The van der Waals surface area contributed by atoms with Crippen molar-refractivity contribution in [2.75, 3.05) is 0 Å². The first-order valence-corrected chi connectivity index (χ1v) is 48.2. The molecule has 0 fully saturated rings. The van der Waals surface area contributed by atoms with Crippen LogP contribution in [0.3, 0.4) is 0 Å². The first-order valence-electron chi connectivity index (χ1n) is 16.1. The van der Waals surface area contributed by atoms with E-state index in [2.05, 4.69) is 131 Å². The predicted molar refractivity (Wildman–Crippen MR) is 215 cm³/mol. The van der Waals surface area contributed by atoms with Crippen LogP contribution in [0.2, 0.25) is 157 Å². The van der Waals surface area contributed by atoms with Crippen molar-refractivity contribution in [3.63, 3.8) is 0 Å². The van der Waals surface area contributed by atoms with E-state index in [1.54, 1.807) is 0 Å². The summed E-state index contributed by atoms with van der Waals surface area (Å²) in [5, 5.41) is 0. The third-order valence-electron chi connectivity index (χ3n) is 4.80. The summed E-state index contributed by atoms with van der Waals surface area (Å²) in [6.45, 7) is 50.6. The Bertz CT molecular complexity index is 819. The Labute approximate surface area is 290 Å². The van der Waals surface area contributed by atoms with Crippen molar-refractivity contribution in [2.45, 2.75) is 157 Å². The molecular formula is C24H72O10Si11. The van der Waals surface area contributed by atoms with Crippen LogP contribution in [0.4, 0.5) is 0 Å². The van der Waals surface area contributed by atoms with Crippen molar-refractivity contribution in [1.82, 2.24) is 0 Å². The van der Waals surface area contributed by atoms with Crippen LogP contribution >= 0.6 is 0 Å². The Balaban J connectivity index is 6.79. The Morgan fingerprint density at radius 1 is 0.178 bits per heavy atom. The minimum Gasteiger partial charge on any atom is -0.437 e. The van der Waals surface area contributed by atoms with Gasteiger partial charge in [-0.05, 0) is 144 Å². The van der Waals surface area contributed by atoms with Gasteiger partial charge in [0.2, 0.25) is 0 Å². The molecule has 272 valence electrons. The second kappa shape index (κ2) is 15.3. The lowest BCUT2D eigenvalue weighted by atomic mass is 11.8. The Hall–Kier alpha value is 1.99. The molecule has 0 rings (SSSR count). The molecule has 0 aromatic carbocycles. The number of hydrogen-bond acceptors (Lipinski definition) is 10. The molecule has 0 amide bonds. The molecule has 10 nitrogen and oxygen atoms in total. The van der Waals surface area contributed by atoms with Gasteiger partial charge < -0.3 is 41.2 Å². The van der Waals surface area contributed by atoms with E-state index in [0.717, 1.165) is 0 Å². The zero-order valence-corrected chi connectivity index (χ0v) is 44.6. The van der Waals surface area contributed by atoms with E-state index in [1.807, 2.05) is 26.2 Å². The van der Waals surface area contributed by atoms with Crippen LogP contribution in [0, 0.1) is 0 Å². The van der Waals surface area contributed by atoms with Crippen molar-refractivity contribution in [3.8, 4) is 0 Å². The van der Waals surface area contributed by atoms with Crippen molar-refractivity contribution >= 4 is 93.7 Å². The van der Waals surface area contributed by atoms with E-state index >= 15 is 0 Å². The van der Waals surface area contributed by atoms with Crippen LogP contribution in [0.5, 0.6) is 0 Å². The summed E-state index contributed by atoms with van der Waals surface area (Å²) in [5.41, 5.74) is 0. The summed E-state index contributed by atoms with van der Waals surface area (Å²) in [6, 6.07) is 0. The summed E-state index contributed by atoms with van der Waals surface area (Å²) < 4.78 is 68.2. The lowest BCUT2D eigenvalue weighted by Crippen LogP contribution is -2.67. The Morgan fingerprint density at radius 2 is 0.289 bits per heavy atom.